The molecule has 0 spiro atoms. The molecule has 1 aliphatic carbocycles. The van der Waals surface area contributed by atoms with E-state index in [0.29, 0.717) is 6.04 Å². The molecule has 0 N–H and O–H groups in total. The molecule has 0 aromatic heterocycles. The van der Waals surface area contributed by atoms with Crippen molar-refractivity contribution in [2.24, 2.45) is 0 Å². The van der Waals surface area contributed by atoms with Crippen LogP contribution in [0.3, 0.4) is 0 Å². The first-order valence-corrected chi connectivity index (χ1v) is 11.7. The second kappa shape index (κ2) is 9.34. The Bertz CT molecular complexity index is 859. The lowest BCUT2D eigenvalue weighted by Gasteiger charge is -2.40. The normalized spacial score (nSPS) is 19.6. The predicted molar refractivity (Wildman–Crippen MR) is 126 cm³/mol. The lowest BCUT2D eigenvalue weighted by molar-refractivity contribution is 0.112. The minimum Gasteiger partial charge on any atom is -0.369 e. The number of rotatable bonds is 5. The molecule has 4 rings (SSSR count). The first-order valence-electron chi connectivity index (χ1n) is 11.7. The van der Waals surface area contributed by atoms with Crippen LogP contribution in [0.1, 0.15) is 83.6 Å². The van der Waals surface area contributed by atoms with Crippen LogP contribution in [-0.4, -0.2) is 37.4 Å². The van der Waals surface area contributed by atoms with Crippen molar-refractivity contribution in [2.75, 3.05) is 31.1 Å². The molecule has 0 radical (unpaired) electrons. The summed E-state index contributed by atoms with van der Waals surface area (Å²) in [4.78, 5) is 16.3. The average Bonchev–Trinajstić information content (AvgIpc) is 2.80. The molecule has 0 amide bonds. The molecular weight excluding hydrogens is 368 g/mol. The molecule has 1 aliphatic heterocycles. The molecule has 1 saturated carbocycles. The van der Waals surface area contributed by atoms with Crippen molar-refractivity contribution in [3.63, 3.8) is 0 Å². The Morgan fingerprint density at radius 1 is 0.900 bits per heavy atom. The summed E-state index contributed by atoms with van der Waals surface area (Å²) in [6.45, 7) is 10.7. The fraction of sp³-hybridized carbons (Fsp3) is 0.519. The maximum Gasteiger partial charge on any atom is 0.150 e. The van der Waals surface area contributed by atoms with Gasteiger partial charge in [-0.2, -0.15) is 0 Å². The fourth-order valence-corrected chi connectivity index (χ4v) is 5.33. The molecule has 2 aromatic carbocycles. The third-order valence-corrected chi connectivity index (χ3v) is 7.41. The Morgan fingerprint density at radius 2 is 1.57 bits per heavy atom. The minimum atomic E-state index is 0.452. The van der Waals surface area contributed by atoms with Crippen LogP contribution >= 0.6 is 0 Å². The van der Waals surface area contributed by atoms with E-state index in [-0.39, 0.29) is 0 Å². The Morgan fingerprint density at radius 3 is 2.20 bits per heavy atom. The van der Waals surface area contributed by atoms with Crippen molar-refractivity contribution in [1.29, 1.82) is 0 Å². The molecule has 30 heavy (non-hydrogen) atoms. The highest BCUT2D eigenvalue weighted by Gasteiger charge is 2.24. The monoisotopic (exact) mass is 404 g/mol. The van der Waals surface area contributed by atoms with Crippen LogP contribution in [0.5, 0.6) is 0 Å². The van der Waals surface area contributed by atoms with Crippen LogP contribution in [0.25, 0.3) is 0 Å². The Hall–Kier alpha value is -2.13. The van der Waals surface area contributed by atoms with Crippen molar-refractivity contribution in [2.45, 2.75) is 64.8 Å². The second-order valence-electron chi connectivity index (χ2n) is 9.31. The Labute approximate surface area is 182 Å². The first kappa shape index (κ1) is 21.1. The highest BCUT2D eigenvalue weighted by Crippen LogP contribution is 2.34. The number of carbonyl (C=O) groups excluding carboxylic acids is 1. The summed E-state index contributed by atoms with van der Waals surface area (Å²) in [5.41, 5.74) is 7.33. The molecule has 2 aromatic rings. The maximum absolute atomic E-state index is 11.2. The van der Waals surface area contributed by atoms with Crippen molar-refractivity contribution in [1.82, 2.24) is 4.90 Å². The fourth-order valence-electron chi connectivity index (χ4n) is 5.33. The van der Waals surface area contributed by atoms with E-state index in [4.69, 9.17) is 0 Å². The van der Waals surface area contributed by atoms with E-state index < -0.39 is 0 Å². The van der Waals surface area contributed by atoms with E-state index in [1.807, 2.05) is 13.0 Å². The van der Waals surface area contributed by atoms with Gasteiger partial charge in [-0.3, -0.25) is 9.69 Å². The van der Waals surface area contributed by atoms with Crippen LogP contribution in [-0.2, 0) is 0 Å². The number of anilines is 1. The molecule has 2 fully saturated rings. The third-order valence-electron chi connectivity index (χ3n) is 7.41. The van der Waals surface area contributed by atoms with E-state index in [0.717, 1.165) is 49.5 Å². The molecule has 1 heterocycles. The minimum absolute atomic E-state index is 0.452. The zero-order chi connectivity index (χ0) is 21.1. The van der Waals surface area contributed by atoms with Crippen LogP contribution in [0.4, 0.5) is 5.69 Å². The van der Waals surface area contributed by atoms with Gasteiger partial charge in [-0.25, -0.2) is 0 Å². The van der Waals surface area contributed by atoms with Crippen LogP contribution in [0, 0.1) is 13.8 Å². The number of hydrogen-bond donors (Lipinski definition) is 0. The van der Waals surface area contributed by atoms with Crippen LogP contribution < -0.4 is 4.90 Å². The zero-order valence-electron chi connectivity index (χ0n) is 18.9. The van der Waals surface area contributed by atoms with Gasteiger partial charge in [0.05, 0.1) is 0 Å². The van der Waals surface area contributed by atoms with Crippen molar-refractivity contribution >= 4 is 12.0 Å². The van der Waals surface area contributed by atoms with Crippen molar-refractivity contribution < 1.29 is 4.79 Å². The van der Waals surface area contributed by atoms with Gasteiger partial charge in [-0.05, 0) is 73.9 Å². The number of hydrogen-bond acceptors (Lipinski definition) is 3. The second-order valence-corrected chi connectivity index (χ2v) is 9.31. The topological polar surface area (TPSA) is 23.6 Å². The SMILES string of the molecule is Cc1cc(N2CCN([C@H](C)c3ccc(C4CCCCC4)cc3)CC2)c(C)cc1C=O. The summed E-state index contributed by atoms with van der Waals surface area (Å²) >= 11 is 0. The molecule has 0 bridgehead atoms. The third kappa shape index (κ3) is 4.46. The van der Waals surface area contributed by atoms with Crippen molar-refractivity contribution in [3.05, 3.63) is 64.2 Å². The first-order chi connectivity index (χ1) is 14.6. The van der Waals surface area contributed by atoms with Gasteiger partial charge >= 0.3 is 0 Å². The van der Waals surface area contributed by atoms with Gasteiger partial charge in [0.25, 0.3) is 0 Å². The highest BCUT2D eigenvalue weighted by molar-refractivity contribution is 5.79. The van der Waals surface area contributed by atoms with Gasteiger partial charge < -0.3 is 4.90 Å². The van der Waals surface area contributed by atoms with Crippen LogP contribution in [0.2, 0.25) is 0 Å². The zero-order valence-corrected chi connectivity index (χ0v) is 18.9. The summed E-state index contributed by atoms with van der Waals surface area (Å²) < 4.78 is 0. The standard InChI is InChI=1S/C27H36N2O/c1-20-18-27(21(2)17-26(20)19-30)29-15-13-28(14-16-29)22(3)23-9-11-25(12-10-23)24-7-5-4-6-8-24/h9-12,17-19,22,24H,4-8,13-16H2,1-3H3/t22-/m1/s1. The van der Waals surface area contributed by atoms with E-state index in [9.17, 15) is 4.79 Å². The molecule has 1 saturated heterocycles. The predicted octanol–water partition coefficient (Wildman–Crippen LogP) is 6.05. The van der Waals surface area contributed by atoms with Gasteiger partial charge in [0.1, 0.15) is 6.29 Å². The number of aryl methyl sites for hydroxylation is 2. The molecule has 2 aliphatic rings. The highest BCUT2D eigenvalue weighted by atomic mass is 16.1. The van der Waals surface area contributed by atoms with Gasteiger partial charge in [-0.1, -0.05) is 43.5 Å². The quantitative estimate of drug-likeness (QED) is 0.567. The Kier molecular flexibility index (Phi) is 6.58. The molecule has 3 heteroatoms. The molecule has 1 atom stereocenters. The lowest BCUT2D eigenvalue weighted by Crippen LogP contribution is -2.47. The van der Waals surface area contributed by atoms with E-state index >= 15 is 0 Å². The number of benzene rings is 2. The largest absolute Gasteiger partial charge is 0.369 e. The summed E-state index contributed by atoms with van der Waals surface area (Å²) in [5.74, 6) is 0.781. The van der Waals surface area contributed by atoms with E-state index in [1.165, 1.54) is 48.9 Å². The Balaban J connectivity index is 1.38. The molecular formula is C27H36N2O. The van der Waals surface area contributed by atoms with E-state index in [2.05, 4.69) is 54.0 Å². The maximum atomic E-state index is 11.2. The van der Waals surface area contributed by atoms with Crippen LogP contribution in [0.15, 0.2) is 36.4 Å². The summed E-state index contributed by atoms with van der Waals surface area (Å²) in [6, 6.07) is 14.2. The summed E-state index contributed by atoms with van der Waals surface area (Å²) in [6.07, 6.45) is 7.89. The smallest absolute Gasteiger partial charge is 0.150 e. The number of aldehydes is 1. The average molecular weight is 405 g/mol. The molecule has 160 valence electrons. The van der Waals surface area contributed by atoms with E-state index in [1.54, 1.807) is 5.56 Å². The summed E-state index contributed by atoms with van der Waals surface area (Å²) in [5, 5.41) is 0. The number of nitrogens with zero attached hydrogens (tertiary/aromatic N) is 2. The number of carbonyl (C=O) groups is 1. The summed E-state index contributed by atoms with van der Waals surface area (Å²) in [7, 11) is 0. The molecule has 0 unspecified atom stereocenters. The van der Waals surface area contributed by atoms with Gasteiger partial charge in [0.2, 0.25) is 0 Å². The van der Waals surface area contributed by atoms with Gasteiger partial charge in [-0.15, -0.1) is 0 Å². The lowest BCUT2D eigenvalue weighted by atomic mass is 9.83. The molecule has 3 nitrogen and oxygen atoms in total. The van der Waals surface area contributed by atoms with Crippen molar-refractivity contribution in [3.8, 4) is 0 Å². The van der Waals surface area contributed by atoms with Gasteiger partial charge in [0.15, 0.2) is 0 Å². The van der Waals surface area contributed by atoms with Gasteiger partial charge in [0, 0.05) is 43.5 Å². The number of piperazine rings is 1.